The lowest BCUT2D eigenvalue weighted by Crippen LogP contribution is -2.65. The summed E-state index contributed by atoms with van der Waals surface area (Å²) >= 11 is 2.83. The predicted octanol–water partition coefficient (Wildman–Crippen LogP) is 3.20. The molecule has 4 heterocycles. The van der Waals surface area contributed by atoms with Crippen molar-refractivity contribution >= 4 is 82.8 Å². The number of benzene rings is 1. The lowest BCUT2D eigenvalue weighted by molar-refractivity contribution is -0.336. The summed E-state index contributed by atoms with van der Waals surface area (Å²) in [5.74, 6) is 11.3. The summed E-state index contributed by atoms with van der Waals surface area (Å²) in [7, 11) is 11.3. The van der Waals surface area contributed by atoms with Crippen LogP contribution in [0.15, 0.2) is 35.1 Å². The summed E-state index contributed by atoms with van der Waals surface area (Å²) in [6.07, 6.45) is -11.9. The van der Waals surface area contributed by atoms with Gasteiger partial charge in [0.2, 0.25) is 17.2 Å². The van der Waals surface area contributed by atoms with Crippen molar-refractivity contribution in [2.24, 2.45) is 0 Å². The zero-order chi connectivity index (χ0) is 61.2. The van der Waals surface area contributed by atoms with Gasteiger partial charge in [-0.3, -0.25) is 19.7 Å². The SMILES string of the molecule is CCN[C@H]1CO[C@@H](O[C@H]2[C@H](O[C@H]3C#C/C=C\C#C[C@]4(O)CC(=O)C(NC(=O)OC)=C3/C4=C/CSSSC)O[C@H](C)[C@@H](NO[C@H]3C[C@H](O)[C@H](SC(=O)c4c(C)c(I)c(O[C@@H]5O[C@@H](C)[C@H](O)[C@@H](OC)[C@H]5O)c(OC)c4OC)[C@@H](C)O3)[C@@H]2O)C[C@@H]1OC. The fourth-order valence-corrected chi connectivity index (χ4v) is 14.7. The highest BCUT2D eigenvalue weighted by Crippen LogP contribution is 2.49. The van der Waals surface area contributed by atoms with E-state index in [0.717, 1.165) is 18.9 Å². The second-order valence-corrected chi connectivity index (χ2v) is 26.7. The summed E-state index contributed by atoms with van der Waals surface area (Å²) in [5, 5.41) is 62.7. The molecule has 6 aliphatic rings. The van der Waals surface area contributed by atoms with E-state index in [2.05, 4.69) is 39.8 Å². The van der Waals surface area contributed by atoms with E-state index in [0.29, 0.717) is 21.4 Å². The van der Waals surface area contributed by atoms with Gasteiger partial charge in [0.1, 0.15) is 36.6 Å². The van der Waals surface area contributed by atoms with Gasteiger partial charge >= 0.3 is 6.09 Å². The van der Waals surface area contributed by atoms with Gasteiger partial charge in [-0.05, 0) is 90.6 Å². The van der Waals surface area contributed by atoms with E-state index >= 15 is 0 Å². The van der Waals surface area contributed by atoms with Gasteiger partial charge in [-0.15, -0.1) is 0 Å². The quantitative estimate of drug-likeness (QED) is 0.0272. The van der Waals surface area contributed by atoms with Crippen LogP contribution >= 0.6 is 65.8 Å². The first-order valence-electron chi connectivity index (χ1n) is 26.9. The zero-order valence-electron chi connectivity index (χ0n) is 48.1. The van der Waals surface area contributed by atoms with Gasteiger partial charge in [0, 0.05) is 44.0 Å². The molecule has 1 amide bonds. The van der Waals surface area contributed by atoms with E-state index in [1.165, 1.54) is 64.9 Å². The number of aliphatic hydroxyl groups excluding tert-OH is 4. The molecular weight excluding hydrogens is 1290 g/mol. The third kappa shape index (κ3) is 15.7. The van der Waals surface area contributed by atoms with Crippen molar-refractivity contribution in [3.8, 4) is 40.9 Å². The molecule has 0 radical (unpaired) electrons. The van der Waals surface area contributed by atoms with Crippen LogP contribution in [0.5, 0.6) is 17.2 Å². The molecule has 0 unspecified atom stereocenters. The number of likely N-dealkylation sites (N-methyl/N-ethyl adjacent to an activating group) is 1. The van der Waals surface area contributed by atoms with E-state index in [4.69, 9.17) is 61.7 Å². The summed E-state index contributed by atoms with van der Waals surface area (Å²) in [5.41, 5.74) is 1.30. The Balaban J connectivity index is 1.12. The summed E-state index contributed by atoms with van der Waals surface area (Å²) in [4.78, 5) is 47.5. The number of nitrogens with one attached hydrogen (secondary N) is 3. The Morgan fingerprint density at radius 3 is 2.27 bits per heavy atom. The summed E-state index contributed by atoms with van der Waals surface area (Å²) in [6.45, 7) is 9.41. The fraction of sp³-hybridized carbons (Fsp3) is 0.655. The summed E-state index contributed by atoms with van der Waals surface area (Å²) in [6, 6.07) is -1.27. The van der Waals surface area contributed by atoms with Gasteiger partial charge in [0.15, 0.2) is 41.8 Å². The maximum Gasteiger partial charge on any atom is 0.411 e. The van der Waals surface area contributed by atoms with Crippen LogP contribution in [0, 0.1) is 34.2 Å². The Hall–Kier alpha value is -2.94. The molecule has 466 valence electrons. The van der Waals surface area contributed by atoms with Crippen molar-refractivity contribution in [3.63, 3.8) is 0 Å². The number of ether oxygens (including phenoxy) is 12. The number of hydrogen-bond donors (Lipinski definition) is 8. The molecule has 8 N–H and O–H groups in total. The van der Waals surface area contributed by atoms with Gasteiger partial charge in [0.25, 0.3) is 0 Å². The van der Waals surface area contributed by atoms with E-state index in [9.17, 15) is 39.9 Å². The number of aliphatic hydroxyl groups is 5. The molecule has 29 heteroatoms. The number of carbonyl (C=O) groups excluding carboxylic acids is 3. The first-order chi connectivity index (χ1) is 40.2. The molecule has 0 aromatic heterocycles. The lowest BCUT2D eigenvalue weighted by Gasteiger charge is -2.46. The van der Waals surface area contributed by atoms with Crippen LogP contribution in [-0.4, -0.2) is 218 Å². The van der Waals surface area contributed by atoms with Crippen molar-refractivity contribution in [2.45, 2.75) is 169 Å². The zero-order valence-corrected chi connectivity index (χ0v) is 53.6. The highest BCUT2D eigenvalue weighted by atomic mass is 127. The third-order valence-electron chi connectivity index (χ3n) is 14.8. The molecule has 0 spiro atoms. The topological polar surface area (TPSA) is 308 Å². The lowest BCUT2D eigenvalue weighted by atomic mass is 9.75. The van der Waals surface area contributed by atoms with E-state index < -0.39 is 127 Å². The molecule has 4 saturated heterocycles. The highest BCUT2D eigenvalue weighted by Gasteiger charge is 2.52. The normalized spacial score (nSPS) is 35.9. The second kappa shape index (κ2) is 31.5. The van der Waals surface area contributed by atoms with Crippen molar-refractivity contribution in [3.05, 3.63) is 49.8 Å². The number of amides is 1. The van der Waals surface area contributed by atoms with Crippen LogP contribution in [0.25, 0.3) is 0 Å². The number of carbonyl (C=O) groups is 3. The molecule has 19 atom stereocenters. The largest absolute Gasteiger partial charge is 0.492 e. The molecule has 1 aromatic carbocycles. The number of allylic oxidation sites excluding steroid dienone is 3. The highest BCUT2D eigenvalue weighted by molar-refractivity contribution is 14.1. The first kappa shape index (κ1) is 68.5. The number of fused-ring (bicyclic) bond motifs is 2. The van der Waals surface area contributed by atoms with Gasteiger partial charge in [0.05, 0.1) is 97.0 Å². The van der Waals surface area contributed by atoms with Gasteiger partial charge < -0.3 is 87.7 Å². The van der Waals surface area contributed by atoms with Crippen LogP contribution < -0.4 is 30.3 Å². The minimum Gasteiger partial charge on any atom is -0.492 e. The number of hydroxylamine groups is 1. The second-order valence-electron chi connectivity index (χ2n) is 20.1. The van der Waals surface area contributed by atoms with Crippen molar-refractivity contribution in [1.82, 2.24) is 16.1 Å². The van der Waals surface area contributed by atoms with Gasteiger partial charge in [-0.1, -0.05) is 70.0 Å². The number of ketones is 1. The number of methoxy groups -OCH3 is 5. The Morgan fingerprint density at radius 2 is 1.61 bits per heavy atom. The smallest absolute Gasteiger partial charge is 0.411 e. The molecule has 0 saturated carbocycles. The van der Waals surface area contributed by atoms with E-state index in [-0.39, 0.29) is 71.2 Å². The van der Waals surface area contributed by atoms with Crippen molar-refractivity contribution < 1.29 is 102 Å². The number of thioether (sulfide) groups is 1. The summed E-state index contributed by atoms with van der Waals surface area (Å²) < 4.78 is 72.5. The van der Waals surface area contributed by atoms with Crippen molar-refractivity contribution in [1.29, 1.82) is 0 Å². The van der Waals surface area contributed by atoms with Gasteiger partial charge in [-0.2, -0.15) is 5.48 Å². The first-order valence-corrected chi connectivity index (χ1v) is 32.9. The molecule has 1 aromatic rings. The van der Waals surface area contributed by atoms with Crippen molar-refractivity contribution in [2.75, 3.05) is 60.7 Å². The molecular formula is C55H74IN3O21S4. The average molecular weight is 1370 g/mol. The van der Waals surface area contributed by atoms with E-state index in [1.54, 1.807) is 40.9 Å². The maximum absolute atomic E-state index is 14.4. The number of halogens is 1. The number of hydrogen-bond acceptors (Lipinski definition) is 27. The monoisotopic (exact) mass is 1370 g/mol. The molecule has 2 bridgehead atoms. The Bertz CT molecular complexity index is 2710. The average Bonchev–Trinajstić information content (AvgIpc) is 1.36. The van der Waals surface area contributed by atoms with Gasteiger partial charge in [-0.25, -0.2) is 4.79 Å². The van der Waals surface area contributed by atoms with Crippen LogP contribution in [0.2, 0.25) is 0 Å². The minimum atomic E-state index is -2.05. The Morgan fingerprint density at radius 1 is 0.881 bits per heavy atom. The molecule has 84 heavy (non-hydrogen) atoms. The van der Waals surface area contributed by atoms with Crippen LogP contribution in [0.4, 0.5) is 4.79 Å². The van der Waals surface area contributed by atoms with Crippen LogP contribution in [0.1, 0.15) is 62.9 Å². The Kier molecular flexibility index (Phi) is 25.7. The van der Waals surface area contributed by atoms with Crippen LogP contribution in [0.3, 0.4) is 0 Å². The fourth-order valence-electron chi connectivity index (χ4n) is 10.5. The number of alkyl carbamates (subject to hydrolysis) is 1. The predicted molar refractivity (Wildman–Crippen MR) is 320 cm³/mol. The molecule has 7 rings (SSSR count). The molecule has 4 fully saturated rings. The molecule has 24 nitrogen and oxygen atoms in total. The van der Waals surface area contributed by atoms with E-state index in [1.807, 2.05) is 35.8 Å². The number of rotatable bonds is 22. The third-order valence-corrected chi connectivity index (χ3v) is 21.2. The molecule has 2 aliphatic carbocycles. The standard InChI is InChI=1S/C55H74IN3O21S4/c1-12-57-30-24-73-35(22-34(30)68-6)78-48-43(63)40(26(3)75-53(48)77-33-17-15-13-14-16-19-55(67)23-32(61)41(58-54(66)72-10)38(33)29(55)18-20-82-84-81-11)59-80-36-21-31(60)50(28(5)74-36)83-51(65)37-25(2)39(56)46(49(71-9)45(37)69-7)79-52-44(64)47(70-8)42(62)27(4)76-52/h13-14,18,26-28,30-31,33-36,40,42-44,47-48,50,52-53,57,59-60,62-64,67H,12,20-24H2,1-11H3,(H,58,66)/b14-13-,29-18-/t26-,27+,28-,30+,31+,33+,34+,35+,36+,40-,42+,43+,44-,47-,48-,50-,52+,53+,55+/m1/s1. The number of Topliss-reactive ketones (excluding diaryl/α,β-unsaturated/α-hetero) is 1. The Labute approximate surface area is 517 Å². The van der Waals surface area contributed by atoms with Crippen LogP contribution in [-0.2, 0) is 52.3 Å². The minimum absolute atomic E-state index is 0.0155. The maximum atomic E-state index is 14.4. The molecule has 4 aliphatic heterocycles.